The molecule has 4 aromatic rings. The number of carbonyl (C=O) groups is 2. The van der Waals surface area contributed by atoms with E-state index in [2.05, 4.69) is 15.7 Å². The molecular weight excluding hydrogens is 507 g/mol. The molecule has 2 heterocycles. The first-order valence-electron chi connectivity index (χ1n) is 10.4. The molecule has 36 heavy (non-hydrogen) atoms. The number of halogens is 6. The lowest BCUT2D eigenvalue weighted by Crippen LogP contribution is -2.21. The number of nitrogens with zero attached hydrogens (tertiary/aromatic N) is 2. The first-order valence-corrected chi connectivity index (χ1v) is 10.8. The SMILES string of the molecule is Cn1cc2c3c(c(NC(=O)c4cc(F)cc(C(F)(F)F)c4)cc2n1)C(c1cc(F)ccc1Cl)NC3=O. The van der Waals surface area contributed by atoms with Crippen molar-refractivity contribution in [3.8, 4) is 0 Å². The predicted molar refractivity (Wildman–Crippen MR) is 121 cm³/mol. The molecule has 0 spiro atoms. The summed E-state index contributed by atoms with van der Waals surface area (Å²) in [7, 11) is 1.61. The normalized spacial score (nSPS) is 15.2. The van der Waals surface area contributed by atoms with Gasteiger partial charge in [0.15, 0.2) is 0 Å². The van der Waals surface area contributed by atoms with Crippen LogP contribution >= 0.6 is 11.6 Å². The Kier molecular flexibility index (Phi) is 5.47. The molecule has 0 saturated heterocycles. The fraction of sp³-hybridized carbons (Fsp3) is 0.125. The van der Waals surface area contributed by atoms with E-state index < -0.39 is 46.8 Å². The minimum absolute atomic E-state index is 0.0164. The van der Waals surface area contributed by atoms with Crippen LogP contribution in [0.15, 0.2) is 48.7 Å². The number of nitrogens with one attached hydrogen (secondary N) is 2. The summed E-state index contributed by atoms with van der Waals surface area (Å²) in [5, 5.41) is 10.00. The molecule has 1 aliphatic heterocycles. The first kappa shape index (κ1) is 23.7. The summed E-state index contributed by atoms with van der Waals surface area (Å²) in [5.41, 5.74) is -1.04. The van der Waals surface area contributed by atoms with E-state index in [4.69, 9.17) is 11.6 Å². The Morgan fingerprint density at radius 1 is 1.11 bits per heavy atom. The Hall–Kier alpha value is -3.99. The van der Waals surface area contributed by atoms with E-state index in [1.54, 1.807) is 13.2 Å². The maximum Gasteiger partial charge on any atom is 0.416 e. The Labute approximate surface area is 204 Å². The third-order valence-electron chi connectivity index (χ3n) is 5.76. The predicted octanol–water partition coefficient (Wildman–Crippen LogP) is 5.61. The summed E-state index contributed by atoms with van der Waals surface area (Å²) >= 11 is 6.27. The number of hydrogen-bond acceptors (Lipinski definition) is 3. The molecule has 0 radical (unpaired) electrons. The maximum atomic E-state index is 14.1. The zero-order chi connectivity index (χ0) is 25.9. The Morgan fingerprint density at radius 2 is 1.86 bits per heavy atom. The number of anilines is 1. The minimum atomic E-state index is -4.87. The third-order valence-corrected chi connectivity index (χ3v) is 6.11. The molecule has 6 nitrogen and oxygen atoms in total. The molecule has 1 atom stereocenters. The average Bonchev–Trinajstić information content (AvgIpc) is 3.33. The van der Waals surface area contributed by atoms with Gasteiger partial charge in [-0.05, 0) is 42.5 Å². The van der Waals surface area contributed by atoms with Crippen LogP contribution in [0.5, 0.6) is 0 Å². The van der Waals surface area contributed by atoms with Gasteiger partial charge in [-0.25, -0.2) is 8.78 Å². The van der Waals surface area contributed by atoms with Crippen LogP contribution in [0.3, 0.4) is 0 Å². The third kappa shape index (κ3) is 4.05. The van der Waals surface area contributed by atoms with E-state index in [0.717, 1.165) is 12.1 Å². The summed E-state index contributed by atoms with van der Waals surface area (Å²) < 4.78 is 68.8. The van der Waals surface area contributed by atoms with Crippen LogP contribution in [0.1, 0.15) is 43.4 Å². The van der Waals surface area contributed by atoms with Crippen molar-refractivity contribution >= 4 is 40.0 Å². The van der Waals surface area contributed by atoms with Crippen LogP contribution < -0.4 is 10.6 Å². The van der Waals surface area contributed by atoms with Crippen LogP contribution in [-0.2, 0) is 13.2 Å². The number of amides is 2. The topological polar surface area (TPSA) is 76.0 Å². The summed E-state index contributed by atoms with van der Waals surface area (Å²) in [6, 6.07) is 5.46. The van der Waals surface area contributed by atoms with Crippen molar-refractivity contribution in [3.63, 3.8) is 0 Å². The second kappa shape index (κ2) is 8.30. The fourth-order valence-electron chi connectivity index (χ4n) is 4.27. The number of carbonyl (C=O) groups excluding carboxylic acids is 2. The van der Waals surface area contributed by atoms with E-state index in [9.17, 15) is 31.5 Å². The maximum absolute atomic E-state index is 14.1. The summed E-state index contributed by atoms with van der Waals surface area (Å²) in [4.78, 5) is 26.0. The number of alkyl halides is 3. The van der Waals surface area contributed by atoms with Gasteiger partial charge in [-0.3, -0.25) is 14.3 Å². The molecule has 0 bridgehead atoms. The molecule has 0 aliphatic carbocycles. The van der Waals surface area contributed by atoms with E-state index >= 15 is 0 Å². The molecule has 2 amide bonds. The molecule has 0 saturated carbocycles. The highest BCUT2D eigenvalue weighted by Crippen LogP contribution is 2.42. The lowest BCUT2D eigenvalue weighted by molar-refractivity contribution is -0.137. The van der Waals surface area contributed by atoms with Crippen molar-refractivity contribution in [2.75, 3.05) is 5.32 Å². The van der Waals surface area contributed by atoms with Crippen LogP contribution in [0.2, 0.25) is 5.02 Å². The first-order chi connectivity index (χ1) is 16.9. The standard InChI is InChI=1S/C24H14ClF5N4O2/c1-34-9-15-17(33-34)8-18(31-22(35)10-4-11(24(28,29)30)6-13(27)5-10)20-19(15)23(36)32-21(20)14-7-12(26)2-3-16(14)25/h2-9,21H,1H3,(H,31,35)(H,32,36). The van der Waals surface area contributed by atoms with Crippen LogP contribution in [0.25, 0.3) is 10.9 Å². The van der Waals surface area contributed by atoms with Gasteiger partial charge in [0.2, 0.25) is 0 Å². The number of aryl methyl sites for hydroxylation is 1. The van der Waals surface area contributed by atoms with Gasteiger partial charge >= 0.3 is 6.18 Å². The quantitative estimate of drug-likeness (QED) is 0.345. The summed E-state index contributed by atoms with van der Waals surface area (Å²) in [6.45, 7) is 0. The van der Waals surface area contributed by atoms with Crippen molar-refractivity contribution in [3.05, 3.63) is 93.1 Å². The molecule has 3 aromatic carbocycles. The highest BCUT2D eigenvalue weighted by atomic mass is 35.5. The van der Waals surface area contributed by atoms with Crippen molar-refractivity contribution < 1.29 is 31.5 Å². The van der Waals surface area contributed by atoms with Crippen molar-refractivity contribution in [2.24, 2.45) is 7.05 Å². The average molecular weight is 521 g/mol. The number of hydrogen-bond donors (Lipinski definition) is 2. The monoisotopic (exact) mass is 520 g/mol. The molecule has 1 unspecified atom stereocenters. The van der Waals surface area contributed by atoms with Crippen molar-refractivity contribution in [1.29, 1.82) is 0 Å². The largest absolute Gasteiger partial charge is 0.416 e. The van der Waals surface area contributed by atoms with Gasteiger partial charge in [0, 0.05) is 46.0 Å². The van der Waals surface area contributed by atoms with Crippen molar-refractivity contribution in [2.45, 2.75) is 12.2 Å². The van der Waals surface area contributed by atoms with Gasteiger partial charge in [0.1, 0.15) is 11.6 Å². The van der Waals surface area contributed by atoms with Gasteiger partial charge in [0.25, 0.3) is 11.8 Å². The van der Waals surface area contributed by atoms with E-state index in [1.807, 2.05) is 0 Å². The van der Waals surface area contributed by atoms with Crippen LogP contribution in [-0.4, -0.2) is 21.6 Å². The van der Waals surface area contributed by atoms with Gasteiger partial charge in [-0.2, -0.15) is 18.3 Å². The molecule has 0 fully saturated rings. The highest BCUT2D eigenvalue weighted by Gasteiger charge is 2.37. The van der Waals surface area contributed by atoms with Gasteiger partial charge in [-0.15, -0.1) is 0 Å². The van der Waals surface area contributed by atoms with E-state index in [-0.39, 0.29) is 33.5 Å². The van der Waals surface area contributed by atoms with Crippen molar-refractivity contribution in [1.82, 2.24) is 15.1 Å². The molecule has 1 aliphatic rings. The van der Waals surface area contributed by atoms with E-state index in [0.29, 0.717) is 23.0 Å². The molecule has 5 rings (SSSR count). The summed E-state index contributed by atoms with van der Waals surface area (Å²) in [5.74, 6) is -3.47. The smallest absolute Gasteiger partial charge is 0.341 e. The number of benzene rings is 3. The number of rotatable bonds is 3. The minimum Gasteiger partial charge on any atom is -0.341 e. The molecule has 1 aromatic heterocycles. The lowest BCUT2D eigenvalue weighted by Gasteiger charge is -2.18. The van der Waals surface area contributed by atoms with Gasteiger partial charge in [-0.1, -0.05) is 11.6 Å². The molecule has 184 valence electrons. The Morgan fingerprint density at radius 3 is 2.58 bits per heavy atom. The highest BCUT2D eigenvalue weighted by molar-refractivity contribution is 6.31. The molecular formula is C24H14ClF5N4O2. The van der Waals surface area contributed by atoms with Gasteiger partial charge in [0.05, 0.1) is 22.7 Å². The molecule has 12 heteroatoms. The number of fused-ring (bicyclic) bond motifs is 3. The Balaban J connectivity index is 1.67. The zero-order valence-electron chi connectivity index (χ0n) is 18.2. The second-order valence-electron chi connectivity index (χ2n) is 8.20. The Bertz CT molecular complexity index is 1580. The molecule has 2 N–H and O–H groups in total. The lowest BCUT2D eigenvalue weighted by atomic mass is 9.94. The summed E-state index contributed by atoms with van der Waals surface area (Å²) in [6.07, 6.45) is -3.29. The number of aromatic nitrogens is 2. The van der Waals surface area contributed by atoms with Crippen LogP contribution in [0.4, 0.5) is 27.6 Å². The van der Waals surface area contributed by atoms with Crippen LogP contribution in [0, 0.1) is 11.6 Å². The van der Waals surface area contributed by atoms with E-state index in [1.165, 1.54) is 16.8 Å². The second-order valence-corrected chi connectivity index (χ2v) is 8.61. The van der Waals surface area contributed by atoms with Gasteiger partial charge < -0.3 is 10.6 Å². The zero-order valence-corrected chi connectivity index (χ0v) is 18.9. The fourth-order valence-corrected chi connectivity index (χ4v) is 4.50.